The van der Waals surface area contributed by atoms with E-state index in [1.165, 1.54) is 38.6 Å². The number of benzene rings is 4. The molecule has 0 aliphatic heterocycles. The maximum absolute atomic E-state index is 5.67. The number of nitrogens with zero attached hydrogens (tertiary/aromatic N) is 3. The molecule has 4 aromatic carbocycles. The average Bonchev–Trinajstić information content (AvgIpc) is 3.56. The van der Waals surface area contributed by atoms with Crippen molar-refractivity contribution < 1.29 is 24.5 Å². The van der Waals surface area contributed by atoms with Crippen molar-refractivity contribution in [2.45, 2.75) is 34.6 Å². The molecule has 8 rings (SSSR count). The fraction of sp³-hybridized carbons (Fsp3) is 0.119. The quantitative estimate of drug-likeness (QED) is 0.167. The molecule has 8 aromatic rings. The Balaban J connectivity index is 0.000000194. The third-order valence-electron chi connectivity index (χ3n) is 8.63. The van der Waals surface area contributed by atoms with Gasteiger partial charge in [0.05, 0.1) is 5.58 Å². The van der Waals surface area contributed by atoms with Crippen LogP contribution in [0.2, 0.25) is 0 Å². The van der Waals surface area contributed by atoms with E-state index in [-0.39, 0.29) is 20.1 Å². The molecule has 0 spiro atoms. The number of hydrogen-bond acceptors (Lipinski definition) is 4. The summed E-state index contributed by atoms with van der Waals surface area (Å²) in [4.78, 5) is 13.9. The SMILES string of the molecule is Cc1c[c-]c(-c2cc(C)c(C)cn2)cc1C.Cc1cnc2c(c1)c(-c1ccc(-c3cccc4ccccc34)cn1)[c-]c1ccoc12.[Ir]. The molecule has 0 fully saturated rings. The Labute approximate surface area is 288 Å². The summed E-state index contributed by atoms with van der Waals surface area (Å²) in [5.74, 6) is 0. The van der Waals surface area contributed by atoms with E-state index in [1.54, 1.807) is 6.26 Å². The first kappa shape index (κ1) is 32.0. The van der Waals surface area contributed by atoms with Gasteiger partial charge in [-0.05, 0) is 59.5 Å². The summed E-state index contributed by atoms with van der Waals surface area (Å²) >= 11 is 0. The van der Waals surface area contributed by atoms with E-state index >= 15 is 0 Å². The molecule has 4 aromatic heterocycles. The summed E-state index contributed by atoms with van der Waals surface area (Å²) < 4.78 is 5.67. The minimum atomic E-state index is 0. The van der Waals surface area contributed by atoms with E-state index < -0.39 is 0 Å². The zero-order chi connectivity index (χ0) is 31.8. The van der Waals surface area contributed by atoms with Gasteiger partial charge in [-0.1, -0.05) is 109 Å². The molecule has 0 atom stereocenters. The largest absolute Gasteiger partial charge is 0.506 e. The molecular weight excluding hydrogens is 755 g/mol. The first-order valence-electron chi connectivity index (χ1n) is 15.4. The molecule has 4 nitrogen and oxygen atoms in total. The van der Waals surface area contributed by atoms with E-state index in [4.69, 9.17) is 9.40 Å². The first-order valence-corrected chi connectivity index (χ1v) is 15.4. The van der Waals surface area contributed by atoms with Crippen LogP contribution in [-0.2, 0) is 20.1 Å². The fourth-order valence-electron chi connectivity index (χ4n) is 5.71. The van der Waals surface area contributed by atoms with Crippen LogP contribution in [0.3, 0.4) is 0 Å². The predicted molar refractivity (Wildman–Crippen MR) is 189 cm³/mol. The van der Waals surface area contributed by atoms with Gasteiger partial charge in [0.2, 0.25) is 0 Å². The molecule has 0 bridgehead atoms. The molecule has 0 saturated carbocycles. The van der Waals surface area contributed by atoms with Crippen molar-refractivity contribution in [1.29, 1.82) is 0 Å². The summed E-state index contributed by atoms with van der Waals surface area (Å²) in [6.07, 6.45) is 7.42. The Hall–Kier alpha value is -4.96. The zero-order valence-corrected chi connectivity index (χ0v) is 29.4. The summed E-state index contributed by atoms with van der Waals surface area (Å²) in [6, 6.07) is 36.1. The van der Waals surface area contributed by atoms with E-state index in [0.717, 1.165) is 55.5 Å². The van der Waals surface area contributed by atoms with Gasteiger partial charge in [0.1, 0.15) is 0 Å². The van der Waals surface area contributed by atoms with Gasteiger partial charge in [0, 0.05) is 56.2 Å². The molecular formula is C42H33IrN3O-2. The second-order valence-corrected chi connectivity index (χ2v) is 11.9. The number of hydrogen-bond donors (Lipinski definition) is 0. The Kier molecular flexibility index (Phi) is 9.13. The fourth-order valence-corrected chi connectivity index (χ4v) is 5.71. The van der Waals surface area contributed by atoms with Crippen LogP contribution >= 0.6 is 0 Å². The van der Waals surface area contributed by atoms with Crippen molar-refractivity contribution in [3.63, 3.8) is 0 Å². The van der Waals surface area contributed by atoms with Crippen molar-refractivity contribution in [3.05, 3.63) is 150 Å². The third-order valence-corrected chi connectivity index (χ3v) is 8.63. The molecule has 5 heteroatoms. The van der Waals surface area contributed by atoms with Gasteiger partial charge in [0.25, 0.3) is 0 Å². The van der Waals surface area contributed by atoms with Gasteiger partial charge in [-0.25, -0.2) is 0 Å². The normalized spacial score (nSPS) is 10.9. The monoisotopic (exact) mass is 788 g/mol. The van der Waals surface area contributed by atoms with Crippen LogP contribution in [0.4, 0.5) is 0 Å². The topological polar surface area (TPSA) is 51.8 Å². The number of aryl methyl sites for hydroxylation is 5. The molecule has 4 heterocycles. The Morgan fingerprint density at radius 2 is 1.43 bits per heavy atom. The van der Waals surface area contributed by atoms with E-state index in [0.29, 0.717) is 0 Å². The Bertz CT molecular complexity index is 2320. The van der Waals surface area contributed by atoms with Crippen LogP contribution in [0.5, 0.6) is 0 Å². The van der Waals surface area contributed by atoms with Crippen LogP contribution in [0.1, 0.15) is 27.8 Å². The summed E-state index contributed by atoms with van der Waals surface area (Å²) in [5, 5.41) is 4.37. The van der Waals surface area contributed by atoms with Crippen molar-refractivity contribution in [2.75, 3.05) is 0 Å². The van der Waals surface area contributed by atoms with Gasteiger partial charge >= 0.3 is 0 Å². The molecule has 0 aliphatic carbocycles. The van der Waals surface area contributed by atoms with Gasteiger partial charge in [-0.2, -0.15) is 0 Å². The maximum atomic E-state index is 5.67. The van der Waals surface area contributed by atoms with Crippen LogP contribution in [0.25, 0.3) is 66.3 Å². The molecule has 0 amide bonds. The van der Waals surface area contributed by atoms with Gasteiger partial charge < -0.3 is 9.40 Å². The number of aromatic nitrogens is 3. The van der Waals surface area contributed by atoms with E-state index in [1.807, 2.05) is 37.6 Å². The second kappa shape index (κ2) is 13.4. The van der Waals surface area contributed by atoms with Crippen LogP contribution in [0, 0.1) is 46.8 Å². The molecule has 0 aliphatic rings. The minimum Gasteiger partial charge on any atom is -0.506 e. The third kappa shape index (κ3) is 6.38. The van der Waals surface area contributed by atoms with Crippen LogP contribution < -0.4 is 0 Å². The van der Waals surface area contributed by atoms with E-state index in [9.17, 15) is 0 Å². The van der Waals surface area contributed by atoms with Crippen molar-refractivity contribution >= 4 is 32.6 Å². The van der Waals surface area contributed by atoms with Crippen molar-refractivity contribution in [3.8, 4) is 33.6 Å². The summed E-state index contributed by atoms with van der Waals surface area (Å²) in [7, 11) is 0. The Morgan fingerprint density at radius 3 is 2.21 bits per heavy atom. The zero-order valence-electron chi connectivity index (χ0n) is 27.0. The summed E-state index contributed by atoms with van der Waals surface area (Å²) in [5.41, 5.74) is 13.9. The Morgan fingerprint density at radius 1 is 0.638 bits per heavy atom. The minimum absolute atomic E-state index is 0. The smallest absolute Gasteiger partial charge is 0.0847 e. The van der Waals surface area contributed by atoms with Gasteiger partial charge in [0.15, 0.2) is 0 Å². The molecule has 0 N–H and O–H groups in total. The standard InChI is InChI=1S/C27H17N2O.C15H16N.Ir/c1-17-13-24-23(14-19-11-12-30-27(19)26(24)29-15-17)25-10-9-20(16-28-25)22-8-4-6-18-5-2-3-7-21(18)22;1-10-5-6-14(7-11(10)2)15-8-12(3)13(4)9-16-15;/h2-13,15-16H,1H3;5,7-9H,1-4H3;/q2*-1;. The molecule has 233 valence electrons. The van der Waals surface area contributed by atoms with Gasteiger partial charge in [-0.3, -0.25) is 9.97 Å². The predicted octanol–water partition coefficient (Wildman–Crippen LogP) is 10.8. The number of pyridine rings is 3. The number of fused-ring (bicyclic) bond motifs is 4. The molecule has 47 heavy (non-hydrogen) atoms. The van der Waals surface area contributed by atoms with E-state index in [2.05, 4.69) is 123 Å². The van der Waals surface area contributed by atoms with Gasteiger partial charge in [-0.15, -0.1) is 41.0 Å². The van der Waals surface area contributed by atoms with Crippen molar-refractivity contribution in [2.24, 2.45) is 0 Å². The number of rotatable bonds is 3. The maximum Gasteiger partial charge on any atom is 0.0847 e. The van der Waals surface area contributed by atoms with Crippen LogP contribution in [0.15, 0.2) is 114 Å². The average molecular weight is 788 g/mol. The molecule has 0 unspecified atom stereocenters. The number of furan rings is 1. The van der Waals surface area contributed by atoms with Crippen molar-refractivity contribution in [1.82, 2.24) is 15.0 Å². The first-order chi connectivity index (χ1) is 22.4. The molecule has 1 radical (unpaired) electrons. The summed E-state index contributed by atoms with van der Waals surface area (Å²) in [6.45, 7) is 10.5. The molecule has 0 saturated heterocycles. The second-order valence-electron chi connectivity index (χ2n) is 11.9. The van der Waals surface area contributed by atoms with Crippen LogP contribution in [-0.4, -0.2) is 15.0 Å².